The molecule has 0 heterocycles. The van der Waals surface area contributed by atoms with E-state index in [1.165, 1.54) is 12.7 Å². The number of benzene rings is 2. The number of ether oxygens (including phenoxy) is 1. The van der Waals surface area contributed by atoms with Crippen LogP contribution in [0.1, 0.15) is 52.0 Å². The van der Waals surface area contributed by atoms with Crippen LogP contribution < -0.4 is 5.32 Å². The van der Waals surface area contributed by atoms with Crippen molar-refractivity contribution in [2.24, 2.45) is 0 Å². The van der Waals surface area contributed by atoms with Gasteiger partial charge in [-0.3, -0.25) is 9.36 Å². The van der Waals surface area contributed by atoms with Crippen molar-refractivity contribution in [1.29, 1.82) is 0 Å². The fraction of sp³-hybridized carbons (Fsp3) is 0.417. The standard InChI is InChI=1S/C24H32NO6P/c1-6-31-15-24(4,14-26)25-23(28)21-12-18(7-8-22(21)27)11-20-16(2)9-19(10-17(20)3)13-32(5,29)30/h7-10,12,14,27H,6,11,13,15H2,1-5H3,(H,25,28)(H,29,30)/t24-/m0/s1. The van der Waals surface area contributed by atoms with Gasteiger partial charge in [0.25, 0.3) is 5.91 Å². The van der Waals surface area contributed by atoms with Crippen LogP contribution in [0.25, 0.3) is 0 Å². The summed E-state index contributed by atoms with van der Waals surface area (Å²) in [6, 6.07) is 8.63. The van der Waals surface area contributed by atoms with Gasteiger partial charge in [0.1, 0.15) is 17.6 Å². The molecule has 2 rings (SSSR count). The summed E-state index contributed by atoms with van der Waals surface area (Å²) < 4.78 is 17.0. The molecule has 32 heavy (non-hydrogen) atoms. The SMILES string of the molecule is CCOC[C@](C)(C=O)NC(=O)c1cc(Cc2c(C)cc(CP(C)(=O)O)cc2C)ccc1O. The molecule has 0 radical (unpaired) electrons. The minimum Gasteiger partial charge on any atom is -0.507 e. The van der Waals surface area contributed by atoms with E-state index in [0.717, 1.165) is 27.8 Å². The van der Waals surface area contributed by atoms with Gasteiger partial charge in [-0.15, -0.1) is 0 Å². The number of phenolic OH excluding ortho intramolecular Hbond substituents is 1. The van der Waals surface area contributed by atoms with Gasteiger partial charge in [-0.2, -0.15) is 0 Å². The van der Waals surface area contributed by atoms with Crippen LogP contribution in [0.2, 0.25) is 0 Å². The van der Waals surface area contributed by atoms with E-state index >= 15 is 0 Å². The lowest BCUT2D eigenvalue weighted by molar-refractivity contribution is -0.114. The van der Waals surface area contributed by atoms with Crippen LogP contribution in [0.15, 0.2) is 30.3 Å². The summed E-state index contributed by atoms with van der Waals surface area (Å²) in [7, 11) is -3.17. The first-order valence-corrected chi connectivity index (χ1v) is 12.7. The molecule has 7 nitrogen and oxygen atoms in total. The van der Waals surface area contributed by atoms with Crippen LogP contribution in [0.4, 0.5) is 0 Å². The quantitative estimate of drug-likeness (QED) is 0.367. The molecular weight excluding hydrogens is 429 g/mol. The summed E-state index contributed by atoms with van der Waals surface area (Å²) in [5.41, 5.74) is 3.51. The van der Waals surface area contributed by atoms with Crippen molar-refractivity contribution in [3.8, 4) is 5.75 Å². The summed E-state index contributed by atoms with van der Waals surface area (Å²) >= 11 is 0. The van der Waals surface area contributed by atoms with E-state index in [2.05, 4.69) is 5.32 Å². The van der Waals surface area contributed by atoms with Gasteiger partial charge in [0, 0.05) is 19.4 Å². The number of hydrogen-bond acceptors (Lipinski definition) is 5. The second-order valence-electron chi connectivity index (χ2n) is 8.57. The Morgan fingerprint density at radius 1 is 1.19 bits per heavy atom. The molecule has 2 atom stereocenters. The summed E-state index contributed by atoms with van der Waals surface area (Å²) in [5.74, 6) is -0.745. The maximum atomic E-state index is 12.8. The second kappa shape index (κ2) is 10.4. The number of amides is 1. The summed E-state index contributed by atoms with van der Waals surface area (Å²) in [5, 5.41) is 12.9. The van der Waals surface area contributed by atoms with Gasteiger partial charge in [0.05, 0.1) is 12.2 Å². The third-order valence-corrected chi connectivity index (χ3v) is 6.14. The summed E-state index contributed by atoms with van der Waals surface area (Å²) in [6.07, 6.45) is 1.26. The van der Waals surface area contributed by atoms with E-state index in [9.17, 15) is 24.2 Å². The summed E-state index contributed by atoms with van der Waals surface area (Å²) in [6.45, 7) is 9.03. The predicted octanol–water partition coefficient (Wildman–Crippen LogP) is 3.72. The lowest BCUT2D eigenvalue weighted by Gasteiger charge is -2.24. The molecule has 2 aromatic carbocycles. The average molecular weight is 461 g/mol. The molecule has 0 aromatic heterocycles. The Balaban J connectivity index is 2.29. The molecule has 2 aromatic rings. The highest BCUT2D eigenvalue weighted by Gasteiger charge is 2.28. The minimum absolute atomic E-state index is 0.0302. The smallest absolute Gasteiger partial charge is 0.255 e. The van der Waals surface area contributed by atoms with E-state index in [4.69, 9.17) is 4.74 Å². The monoisotopic (exact) mass is 461 g/mol. The van der Waals surface area contributed by atoms with E-state index in [0.29, 0.717) is 19.3 Å². The molecule has 0 aliphatic carbocycles. The largest absolute Gasteiger partial charge is 0.507 e. The second-order valence-corrected chi connectivity index (χ2v) is 11.0. The van der Waals surface area contributed by atoms with Crippen LogP contribution in [-0.4, -0.2) is 47.6 Å². The van der Waals surface area contributed by atoms with Crippen molar-refractivity contribution in [1.82, 2.24) is 5.32 Å². The Hall–Kier alpha value is -2.47. The van der Waals surface area contributed by atoms with Crippen LogP contribution in [0, 0.1) is 13.8 Å². The topological polar surface area (TPSA) is 113 Å². The Kier molecular flexibility index (Phi) is 8.41. The molecule has 0 spiro atoms. The molecule has 0 saturated heterocycles. The molecule has 1 unspecified atom stereocenters. The fourth-order valence-corrected chi connectivity index (χ4v) is 4.47. The van der Waals surface area contributed by atoms with Crippen molar-refractivity contribution in [2.45, 2.75) is 45.8 Å². The van der Waals surface area contributed by atoms with E-state index in [-0.39, 0.29) is 24.1 Å². The number of carbonyl (C=O) groups is 2. The van der Waals surface area contributed by atoms with Crippen LogP contribution in [-0.2, 0) is 26.7 Å². The Morgan fingerprint density at radius 3 is 2.34 bits per heavy atom. The Morgan fingerprint density at radius 2 is 1.81 bits per heavy atom. The van der Waals surface area contributed by atoms with Gasteiger partial charge >= 0.3 is 0 Å². The molecule has 0 aliphatic heterocycles. The van der Waals surface area contributed by atoms with Crippen LogP contribution in [0.3, 0.4) is 0 Å². The Labute approximate surface area is 189 Å². The summed E-state index contributed by atoms with van der Waals surface area (Å²) in [4.78, 5) is 34.0. The van der Waals surface area contributed by atoms with E-state index < -0.39 is 18.8 Å². The van der Waals surface area contributed by atoms with Crippen molar-refractivity contribution in [2.75, 3.05) is 19.9 Å². The van der Waals surface area contributed by atoms with Gasteiger partial charge in [0.15, 0.2) is 0 Å². The fourth-order valence-electron chi connectivity index (χ4n) is 3.61. The van der Waals surface area contributed by atoms with Gasteiger partial charge in [-0.05, 0) is 74.1 Å². The first kappa shape index (κ1) is 25.8. The zero-order valence-corrected chi connectivity index (χ0v) is 20.2. The molecule has 0 saturated carbocycles. The number of aromatic hydroxyl groups is 1. The third-order valence-electron chi connectivity index (χ3n) is 5.18. The zero-order valence-electron chi connectivity index (χ0n) is 19.3. The van der Waals surface area contributed by atoms with Crippen molar-refractivity contribution < 1.29 is 28.9 Å². The number of hydrogen-bond donors (Lipinski definition) is 3. The maximum Gasteiger partial charge on any atom is 0.255 e. The van der Waals surface area contributed by atoms with Gasteiger partial charge in [0.2, 0.25) is 7.37 Å². The van der Waals surface area contributed by atoms with Crippen LogP contribution >= 0.6 is 7.37 Å². The number of nitrogens with one attached hydrogen (secondary N) is 1. The minimum atomic E-state index is -3.17. The predicted molar refractivity (Wildman–Crippen MR) is 125 cm³/mol. The molecule has 1 amide bonds. The molecule has 0 aliphatic rings. The third kappa shape index (κ3) is 7.02. The highest BCUT2D eigenvalue weighted by Crippen LogP contribution is 2.40. The van der Waals surface area contributed by atoms with Crippen molar-refractivity contribution in [3.05, 3.63) is 63.7 Å². The number of carbonyl (C=O) groups excluding carboxylic acids is 2. The zero-order chi connectivity index (χ0) is 24.1. The van der Waals surface area contributed by atoms with E-state index in [1.54, 1.807) is 26.0 Å². The molecule has 0 bridgehead atoms. The maximum absolute atomic E-state index is 12.8. The molecule has 3 N–H and O–H groups in total. The van der Waals surface area contributed by atoms with Gasteiger partial charge in [-0.25, -0.2) is 0 Å². The first-order valence-electron chi connectivity index (χ1n) is 10.4. The van der Waals surface area contributed by atoms with Crippen molar-refractivity contribution in [3.63, 3.8) is 0 Å². The van der Waals surface area contributed by atoms with Crippen molar-refractivity contribution >= 4 is 19.6 Å². The lowest BCUT2D eigenvalue weighted by atomic mass is 9.93. The van der Waals surface area contributed by atoms with Crippen LogP contribution in [0.5, 0.6) is 5.75 Å². The first-order chi connectivity index (χ1) is 14.9. The lowest BCUT2D eigenvalue weighted by Crippen LogP contribution is -2.51. The average Bonchev–Trinajstić information content (AvgIpc) is 2.69. The highest BCUT2D eigenvalue weighted by molar-refractivity contribution is 7.56. The number of rotatable bonds is 10. The van der Waals surface area contributed by atoms with Gasteiger partial charge in [-0.1, -0.05) is 18.2 Å². The molecular formula is C24H32NO6P. The Bertz CT molecular complexity index is 1020. The van der Waals surface area contributed by atoms with Gasteiger partial charge < -0.3 is 24.8 Å². The molecule has 174 valence electrons. The van der Waals surface area contributed by atoms with E-state index in [1.807, 2.05) is 26.0 Å². The molecule has 8 heteroatoms. The molecule has 0 fully saturated rings. The highest BCUT2D eigenvalue weighted by atomic mass is 31.2. The number of aldehydes is 1. The number of aryl methyl sites for hydroxylation is 2. The number of phenols is 1. The normalized spacial score (nSPS) is 14.9.